The molecule has 2 aromatic carbocycles. The Hall–Kier alpha value is -1.72. The van der Waals surface area contributed by atoms with Crippen LogP contribution in [0.2, 0.25) is 0 Å². The topological polar surface area (TPSA) is 63.9 Å². The van der Waals surface area contributed by atoms with Gasteiger partial charge in [-0.1, -0.05) is 119 Å². The van der Waals surface area contributed by atoms with Gasteiger partial charge in [0.2, 0.25) is 0 Å². The average Bonchev–Trinajstić information content (AvgIpc) is 2.97. The minimum atomic E-state index is -0.377. The van der Waals surface area contributed by atoms with Crippen molar-refractivity contribution < 1.29 is 15.3 Å². The second kappa shape index (κ2) is 14.4. The Balaban J connectivity index is 2.85. The van der Waals surface area contributed by atoms with Gasteiger partial charge in [-0.25, -0.2) is 0 Å². The highest BCUT2D eigenvalue weighted by atomic mass is 16.3. The van der Waals surface area contributed by atoms with Crippen LogP contribution in [0.4, 0.5) is 0 Å². The van der Waals surface area contributed by atoms with Crippen molar-refractivity contribution in [3.05, 3.63) is 69.8 Å². The molecule has 0 saturated carbocycles. The third kappa shape index (κ3) is 7.67. The summed E-state index contributed by atoms with van der Waals surface area (Å²) in [7, 11) is 0. The maximum absolute atomic E-state index is 11.1. The monoisotopic (exact) mass is 581 g/mol. The van der Waals surface area contributed by atoms with Crippen molar-refractivity contribution in [1.82, 2.24) is 4.90 Å². The number of aliphatic hydroxyl groups is 3. The molecule has 0 radical (unpaired) electrons. The average molecular weight is 582 g/mol. The molecule has 238 valence electrons. The summed E-state index contributed by atoms with van der Waals surface area (Å²) in [5.41, 5.74) is 7.09. The van der Waals surface area contributed by atoms with Crippen LogP contribution in [0.5, 0.6) is 0 Å². The second-order valence-corrected chi connectivity index (χ2v) is 14.9. The zero-order valence-corrected chi connectivity index (χ0v) is 29.1. The van der Waals surface area contributed by atoms with Crippen molar-refractivity contribution in [3.63, 3.8) is 0 Å². The molecule has 42 heavy (non-hydrogen) atoms. The lowest BCUT2D eigenvalue weighted by atomic mass is 9.73. The number of nitrogens with zero attached hydrogens (tertiary/aromatic N) is 1. The second-order valence-electron chi connectivity index (χ2n) is 14.9. The Kier molecular flexibility index (Phi) is 12.5. The Labute approximate surface area is 258 Å². The van der Waals surface area contributed by atoms with E-state index >= 15 is 0 Å². The molecule has 2 aromatic rings. The fourth-order valence-electron chi connectivity index (χ4n) is 5.91. The van der Waals surface area contributed by atoms with E-state index in [1.54, 1.807) is 0 Å². The first-order chi connectivity index (χ1) is 19.5. The smallest absolute Gasteiger partial charge is 0.0628 e. The van der Waals surface area contributed by atoms with Gasteiger partial charge in [0.15, 0.2) is 0 Å². The fourth-order valence-corrected chi connectivity index (χ4v) is 5.91. The highest BCUT2D eigenvalue weighted by Gasteiger charge is 2.36. The molecule has 0 aromatic heterocycles. The number of hydrogen-bond acceptors (Lipinski definition) is 4. The number of rotatable bonds is 16. The van der Waals surface area contributed by atoms with Gasteiger partial charge in [-0.15, -0.1) is 0 Å². The minimum Gasteiger partial charge on any atom is -0.395 e. The minimum absolute atomic E-state index is 0.0406. The molecule has 2 atom stereocenters. The molecule has 0 amide bonds. The molecule has 0 fully saturated rings. The van der Waals surface area contributed by atoms with Crippen LogP contribution in [0.15, 0.2) is 36.4 Å². The molecule has 0 spiro atoms. The number of benzene rings is 2. The number of aliphatic hydroxyl groups excluding tert-OH is 3. The SMILES string of the molecule is CCC(C)(C)c1ccc(C(CO)N(CCO)C(CO)c2ccc(C(C)(C)CC)cc2C(C)(C)CC)c(C(C)(C)CC)c1. The summed E-state index contributed by atoms with van der Waals surface area (Å²) in [6, 6.07) is 12.8. The zero-order valence-electron chi connectivity index (χ0n) is 29.1. The van der Waals surface area contributed by atoms with Crippen LogP contribution in [0, 0.1) is 0 Å². The molecule has 2 rings (SSSR count). The maximum Gasteiger partial charge on any atom is 0.0628 e. The molecule has 0 bridgehead atoms. The van der Waals surface area contributed by atoms with E-state index < -0.39 is 0 Å². The first-order valence-electron chi connectivity index (χ1n) is 16.4. The van der Waals surface area contributed by atoms with E-state index in [0.29, 0.717) is 6.54 Å². The largest absolute Gasteiger partial charge is 0.395 e. The van der Waals surface area contributed by atoms with E-state index in [0.717, 1.165) is 36.8 Å². The van der Waals surface area contributed by atoms with Gasteiger partial charge in [0.25, 0.3) is 0 Å². The lowest BCUT2D eigenvalue weighted by molar-refractivity contribution is 0.0355. The zero-order chi connectivity index (χ0) is 32.1. The molecule has 0 aliphatic carbocycles. The van der Waals surface area contributed by atoms with Crippen molar-refractivity contribution >= 4 is 0 Å². The number of hydrogen-bond donors (Lipinski definition) is 3. The first-order valence-corrected chi connectivity index (χ1v) is 16.4. The molecule has 0 aliphatic heterocycles. The van der Waals surface area contributed by atoms with E-state index in [9.17, 15) is 15.3 Å². The van der Waals surface area contributed by atoms with Gasteiger partial charge in [0.05, 0.1) is 31.9 Å². The van der Waals surface area contributed by atoms with Crippen LogP contribution in [-0.2, 0) is 21.7 Å². The third-order valence-corrected chi connectivity index (χ3v) is 10.9. The quantitative estimate of drug-likeness (QED) is 0.186. The van der Waals surface area contributed by atoms with E-state index in [1.165, 1.54) is 22.3 Å². The van der Waals surface area contributed by atoms with Crippen molar-refractivity contribution in [2.75, 3.05) is 26.4 Å². The predicted octanol–water partition coefficient (Wildman–Crippen LogP) is 8.50. The summed E-state index contributed by atoms with van der Waals surface area (Å²) in [6.45, 7) is 27.2. The van der Waals surface area contributed by atoms with Crippen LogP contribution in [0.1, 0.15) is 154 Å². The molecular weight excluding hydrogens is 518 g/mol. The van der Waals surface area contributed by atoms with Gasteiger partial charge < -0.3 is 15.3 Å². The van der Waals surface area contributed by atoms with Crippen molar-refractivity contribution in [2.45, 2.75) is 143 Å². The molecule has 3 N–H and O–H groups in total. The van der Waals surface area contributed by atoms with Crippen molar-refractivity contribution in [3.8, 4) is 0 Å². The fraction of sp³-hybridized carbons (Fsp3) is 0.684. The van der Waals surface area contributed by atoms with E-state index in [-0.39, 0.29) is 53.6 Å². The third-order valence-electron chi connectivity index (χ3n) is 10.9. The summed E-state index contributed by atoms with van der Waals surface area (Å²) >= 11 is 0. The molecular formula is C38H63NO3. The Morgan fingerprint density at radius 1 is 0.548 bits per heavy atom. The highest BCUT2D eigenvalue weighted by Crippen LogP contribution is 2.43. The Morgan fingerprint density at radius 2 is 0.881 bits per heavy atom. The molecule has 0 aliphatic rings. The Bertz CT molecular complexity index is 1060. The van der Waals surface area contributed by atoms with Crippen LogP contribution < -0.4 is 0 Å². The summed E-state index contributed by atoms with van der Waals surface area (Å²) in [5, 5.41) is 32.4. The predicted molar refractivity (Wildman–Crippen MR) is 180 cm³/mol. The maximum atomic E-state index is 11.1. The lowest BCUT2D eigenvalue weighted by Crippen LogP contribution is -2.41. The highest BCUT2D eigenvalue weighted by molar-refractivity contribution is 5.44. The summed E-state index contributed by atoms with van der Waals surface area (Å²) in [4.78, 5) is 2.14. The summed E-state index contributed by atoms with van der Waals surface area (Å²) in [6.07, 6.45) is 3.99. The summed E-state index contributed by atoms with van der Waals surface area (Å²) in [5.74, 6) is 0. The van der Waals surface area contributed by atoms with Crippen molar-refractivity contribution in [1.29, 1.82) is 0 Å². The van der Waals surface area contributed by atoms with Gasteiger partial charge in [0, 0.05) is 6.54 Å². The standard InChI is InChI=1S/C38H63NO3/c1-13-35(5,6)27-17-19-29(31(23-27)37(9,10)15-3)33(25-41)39(21-22-40)34(26-42)30-20-18-28(36(7,8)14-2)24-32(30)38(11,12)16-4/h17-20,23-24,33-34,40-42H,13-16,21-22,25-26H2,1-12H3. The lowest BCUT2D eigenvalue weighted by Gasteiger charge is -2.42. The van der Waals surface area contributed by atoms with Crippen molar-refractivity contribution in [2.24, 2.45) is 0 Å². The Morgan fingerprint density at radius 3 is 1.14 bits per heavy atom. The van der Waals surface area contributed by atoms with Crippen LogP contribution >= 0.6 is 0 Å². The van der Waals surface area contributed by atoms with Crippen LogP contribution in [0.25, 0.3) is 0 Å². The van der Waals surface area contributed by atoms with Crippen LogP contribution in [-0.4, -0.2) is 46.6 Å². The van der Waals surface area contributed by atoms with Gasteiger partial charge in [0.1, 0.15) is 0 Å². The molecule has 0 heterocycles. The van der Waals surface area contributed by atoms with Gasteiger partial charge >= 0.3 is 0 Å². The normalized spacial score (nSPS) is 14.9. The van der Waals surface area contributed by atoms with E-state index in [4.69, 9.17) is 0 Å². The van der Waals surface area contributed by atoms with Crippen LogP contribution in [0.3, 0.4) is 0 Å². The van der Waals surface area contributed by atoms with E-state index in [1.807, 2.05) is 0 Å². The summed E-state index contributed by atoms with van der Waals surface area (Å²) < 4.78 is 0. The molecule has 4 nitrogen and oxygen atoms in total. The van der Waals surface area contributed by atoms with Gasteiger partial charge in [-0.05, 0) is 80.7 Å². The van der Waals surface area contributed by atoms with Gasteiger partial charge in [-0.2, -0.15) is 0 Å². The van der Waals surface area contributed by atoms with E-state index in [2.05, 4.69) is 124 Å². The molecule has 0 saturated heterocycles. The molecule has 2 unspecified atom stereocenters. The van der Waals surface area contributed by atoms with Gasteiger partial charge in [-0.3, -0.25) is 4.90 Å². The molecule has 4 heteroatoms. The first kappa shape index (κ1) is 36.5.